The van der Waals surface area contributed by atoms with Crippen LogP contribution in [0.4, 0.5) is 4.79 Å². The lowest BCUT2D eigenvalue weighted by atomic mass is 10.1. The van der Waals surface area contributed by atoms with Gasteiger partial charge in [-0.2, -0.15) is 0 Å². The van der Waals surface area contributed by atoms with Crippen LogP contribution < -0.4 is 11.1 Å². The SMILES string of the molecule is CC(C)(C)OC(=O)NCC(CN)c1ccc(-c2ccccc2)s1. The van der Waals surface area contributed by atoms with E-state index in [9.17, 15) is 4.79 Å². The van der Waals surface area contributed by atoms with Crippen LogP contribution in [0.5, 0.6) is 0 Å². The number of rotatable bonds is 5. The van der Waals surface area contributed by atoms with Crippen LogP contribution >= 0.6 is 11.3 Å². The second-order valence-corrected chi connectivity index (χ2v) is 7.50. The van der Waals surface area contributed by atoms with Crippen molar-refractivity contribution < 1.29 is 9.53 Å². The molecule has 0 aliphatic heterocycles. The first kappa shape index (κ1) is 17.5. The highest BCUT2D eigenvalue weighted by Crippen LogP contribution is 2.31. The largest absolute Gasteiger partial charge is 0.444 e. The van der Waals surface area contributed by atoms with Crippen LogP contribution in [0.3, 0.4) is 0 Å². The molecule has 124 valence electrons. The van der Waals surface area contributed by atoms with E-state index in [0.29, 0.717) is 13.1 Å². The standard InChI is InChI=1S/C18H24N2O2S/c1-18(2,3)22-17(21)20-12-14(11-19)16-10-9-15(23-16)13-7-5-4-6-8-13/h4-10,14H,11-12,19H2,1-3H3,(H,20,21). The molecule has 1 amide bonds. The Balaban J connectivity index is 1.99. The van der Waals surface area contributed by atoms with E-state index in [1.54, 1.807) is 11.3 Å². The van der Waals surface area contributed by atoms with Gasteiger partial charge in [-0.15, -0.1) is 11.3 Å². The molecule has 1 aromatic carbocycles. The molecule has 4 nitrogen and oxygen atoms in total. The summed E-state index contributed by atoms with van der Waals surface area (Å²) in [6.45, 7) is 6.49. The summed E-state index contributed by atoms with van der Waals surface area (Å²) in [5.41, 5.74) is 6.58. The molecule has 3 N–H and O–H groups in total. The highest BCUT2D eigenvalue weighted by atomic mass is 32.1. The molecule has 1 atom stereocenters. The minimum absolute atomic E-state index is 0.0879. The molecule has 2 rings (SSSR count). The number of carbonyl (C=O) groups is 1. The molecule has 0 aliphatic rings. The van der Waals surface area contributed by atoms with Gasteiger partial charge in [0, 0.05) is 28.8 Å². The quantitative estimate of drug-likeness (QED) is 0.870. The maximum atomic E-state index is 11.8. The number of thiophene rings is 1. The third-order valence-electron chi connectivity index (χ3n) is 3.26. The lowest BCUT2D eigenvalue weighted by Crippen LogP contribution is -2.36. The Hall–Kier alpha value is -1.85. The van der Waals surface area contributed by atoms with Gasteiger partial charge >= 0.3 is 6.09 Å². The third kappa shape index (κ3) is 5.37. The number of hydrogen-bond acceptors (Lipinski definition) is 4. The van der Waals surface area contributed by atoms with Gasteiger partial charge in [-0.25, -0.2) is 4.79 Å². The lowest BCUT2D eigenvalue weighted by Gasteiger charge is -2.21. The normalized spacial score (nSPS) is 12.7. The van der Waals surface area contributed by atoms with Crippen LogP contribution in [0, 0.1) is 0 Å². The number of nitrogens with one attached hydrogen (secondary N) is 1. The van der Waals surface area contributed by atoms with Crippen molar-refractivity contribution >= 4 is 17.4 Å². The van der Waals surface area contributed by atoms with Crippen molar-refractivity contribution in [2.45, 2.75) is 32.3 Å². The molecule has 0 saturated heterocycles. The van der Waals surface area contributed by atoms with E-state index >= 15 is 0 Å². The fraction of sp³-hybridized carbons (Fsp3) is 0.389. The molecule has 5 heteroatoms. The summed E-state index contributed by atoms with van der Waals surface area (Å²) in [5.74, 6) is 0.0879. The molecule has 2 aromatic rings. The molecule has 0 radical (unpaired) electrons. The van der Waals surface area contributed by atoms with Gasteiger partial charge in [0.2, 0.25) is 0 Å². The van der Waals surface area contributed by atoms with Crippen molar-refractivity contribution in [2.75, 3.05) is 13.1 Å². The van der Waals surface area contributed by atoms with Crippen molar-refractivity contribution in [1.29, 1.82) is 0 Å². The second kappa shape index (κ2) is 7.62. The molecule has 1 aromatic heterocycles. The summed E-state index contributed by atoms with van der Waals surface area (Å²) in [6.07, 6.45) is -0.407. The smallest absolute Gasteiger partial charge is 0.407 e. The Morgan fingerprint density at radius 1 is 1.22 bits per heavy atom. The van der Waals surface area contributed by atoms with E-state index in [-0.39, 0.29) is 5.92 Å². The average Bonchev–Trinajstić information content (AvgIpc) is 2.97. The van der Waals surface area contributed by atoms with Gasteiger partial charge in [0.05, 0.1) is 0 Å². The van der Waals surface area contributed by atoms with E-state index in [1.807, 2.05) is 39.0 Å². The topological polar surface area (TPSA) is 64.3 Å². The predicted octanol–water partition coefficient (Wildman–Crippen LogP) is 3.98. The van der Waals surface area contributed by atoms with Crippen LogP contribution in [0.1, 0.15) is 31.6 Å². The monoisotopic (exact) mass is 332 g/mol. The minimum atomic E-state index is -0.494. The van der Waals surface area contributed by atoms with Crippen molar-refractivity contribution in [1.82, 2.24) is 5.32 Å². The Labute approximate surface area is 141 Å². The van der Waals surface area contributed by atoms with Crippen molar-refractivity contribution in [3.63, 3.8) is 0 Å². The van der Waals surface area contributed by atoms with E-state index in [2.05, 4.69) is 29.6 Å². The van der Waals surface area contributed by atoms with Crippen molar-refractivity contribution in [3.8, 4) is 10.4 Å². The number of alkyl carbamates (subject to hydrolysis) is 1. The van der Waals surface area contributed by atoms with Gasteiger partial charge < -0.3 is 15.8 Å². The molecule has 0 bridgehead atoms. The highest BCUT2D eigenvalue weighted by molar-refractivity contribution is 7.15. The van der Waals surface area contributed by atoms with Crippen LogP contribution in [0.15, 0.2) is 42.5 Å². The Morgan fingerprint density at radius 3 is 2.52 bits per heavy atom. The van der Waals surface area contributed by atoms with Crippen LogP contribution in [0.25, 0.3) is 10.4 Å². The Kier molecular flexibility index (Phi) is 5.80. The Bertz CT molecular complexity index is 632. The fourth-order valence-corrected chi connectivity index (χ4v) is 3.28. The number of ether oxygens (including phenoxy) is 1. The lowest BCUT2D eigenvalue weighted by molar-refractivity contribution is 0.0525. The molecular weight excluding hydrogens is 308 g/mol. The van der Waals surface area contributed by atoms with Crippen molar-refractivity contribution in [3.05, 3.63) is 47.3 Å². The van der Waals surface area contributed by atoms with Crippen LogP contribution in [-0.4, -0.2) is 24.8 Å². The maximum absolute atomic E-state index is 11.8. The summed E-state index contributed by atoms with van der Waals surface area (Å²) in [5, 5.41) is 2.80. The van der Waals surface area contributed by atoms with E-state index in [0.717, 1.165) is 0 Å². The fourth-order valence-electron chi connectivity index (χ4n) is 2.15. The molecule has 0 aliphatic carbocycles. The summed E-state index contributed by atoms with van der Waals surface area (Å²) < 4.78 is 5.26. The van der Waals surface area contributed by atoms with Crippen LogP contribution in [-0.2, 0) is 4.74 Å². The summed E-state index contributed by atoms with van der Waals surface area (Å²) in [7, 11) is 0. The van der Waals surface area contributed by atoms with Gasteiger partial charge in [0.15, 0.2) is 0 Å². The van der Waals surface area contributed by atoms with Crippen LogP contribution in [0.2, 0.25) is 0 Å². The molecular formula is C18H24N2O2S. The number of nitrogens with two attached hydrogens (primary N) is 1. The first-order valence-corrected chi connectivity index (χ1v) is 8.53. The maximum Gasteiger partial charge on any atom is 0.407 e. The first-order chi connectivity index (χ1) is 10.9. The van der Waals surface area contributed by atoms with E-state index in [1.165, 1.54) is 15.3 Å². The molecule has 1 heterocycles. The molecule has 0 spiro atoms. The first-order valence-electron chi connectivity index (χ1n) is 7.71. The predicted molar refractivity (Wildman–Crippen MR) is 95.8 cm³/mol. The molecule has 23 heavy (non-hydrogen) atoms. The number of amides is 1. The molecule has 0 fully saturated rings. The molecule has 1 unspecified atom stereocenters. The zero-order valence-corrected chi connectivity index (χ0v) is 14.7. The zero-order chi connectivity index (χ0) is 16.9. The van der Waals surface area contributed by atoms with E-state index in [4.69, 9.17) is 10.5 Å². The van der Waals surface area contributed by atoms with Gasteiger partial charge in [0.25, 0.3) is 0 Å². The van der Waals surface area contributed by atoms with E-state index < -0.39 is 11.7 Å². The van der Waals surface area contributed by atoms with Gasteiger partial charge in [-0.1, -0.05) is 30.3 Å². The van der Waals surface area contributed by atoms with Gasteiger partial charge in [-0.3, -0.25) is 0 Å². The second-order valence-electron chi connectivity index (χ2n) is 6.38. The summed E-state index contributed by atoms with van der Waals surface area (Å²) >= 11 is 1.71. The van der Waals surface area contributed by atoms with Gasteiger partial charge in [0.1, 0.15) is 5.60 Å². The molecule has 0 saturated carbocycles. The third-order valence-corrected chi connectivity index (χ3v) is 4.56. The minimum Gasteiger partial charge on any atom is -0.444 e. The highest BCUT2D eigenvalue weighted by Gasteiger charge is 2.18. The number of carbonyl (C=O) groups excluding carboxylic acids is 1. The zero-order valence-electron chi connectivity index (χ0n) is 13.8. The van der Waals surface area contributed by atoms with Gasteiger partial charge in [-0.05, 0) is 38.5 Å². The van der Waals surface area contributed by atoms with Crippen molar-refractivity contribution in [2.24, 2.45) is 5.73 Å². The number of benzene rings is 1. The summed E-state index contributed by atoms with van der Waals surface area (Å²) in [6, 6.07) is 14.4. The Morgan fingerprint density at radius 2 is 1.91 bits per heavy atom. The average molecular weight is 332 g/mol. The summed E-state index contributed by atoms with van der Waals surface area (Å²) in [4.78, 5) is 14.1. The number of hydrogen-bond donors (Lipinski definition) is 2.